The van der Waals surface area contributed by atoms with Gasteiger partial charge in [0.1, 0.15) is 0 Å². The number of unbranched alkanes of at least 4 members (excludes halogenated alkanes) is 11. The first-order valence-corrected chi connectivity index (χ1v) is 12.5. The third kappa shape index (κ3) is 11.1. The van der Waals surface area contributed by atoms with Crippen LogP contribution in [-0.4, -0.2) is 12.6 Å². The van der Waals surface area contributed by atoms with Gasteiger partial charge < -0.3 is 10.6 Å². The van der Waals surface area contributed by atoms with E-state index in [1.54, 1.807) is 0 Å². The molecule has 2 aromatic carbocycles. The zero-order chi connectivity index (χ0) is 22.0. The molecule has 0 unspecified atom stereocenters. The molecule has 0 aliphatic rings. The maximum absolute atomic E-state index is 12.5. The van der Waals surface area contributed by atoms with Gasteiger partial charge in [0.2, 0.25) is 0 Å². The number of hydrogen-bond donors (Lipinski definition) is 2. The molecule has 0 radical (unpaired) electrons. The van der Waals surface area contributed by atoms with E-state index in [4.69, 9.17) is 0 Å². The molecule has 31 heavy (non-hydrogen) atoms. The average molecular weight is 423 g/mol. The molecule has 2 N–H and O–H groups in total. The van der Waals surface area contributed by atoms with Gasteiger partial charge in [-0.25, -0.2) is 4.79 Å². The monoisotopic (exact) mass is 422 g/mol. The van der Waals surface area contributed by atoms with E-state index in [0.29, 0.717) is 0 Å². The molecule has 0 heterocycles. The summed E-state index contributed by atoms with van der Waals surface area (Å²) in [7, 11) is 0. The van der Waals surface area contributed by atoms with Crippen LogP contribution in [0.2, 0.25) is 0 Å². The van der Waals surface area contributed by atoms with Crippen LogP contribution in [0.15, 0.2) is 60.7 Å². The van der Waals surface area contributed by atoms with Gasteiger partial charge in [0, 0.05) is 6.54 Å². The molecular weight excluding hydrogens is 380 g/mol. The molecule has 0 atom stereocenters. The molecule has 2 amide bonds. The van der Waals surface area contributed by atoms with Crippen LogP contribution in [0.3, 0.4) is 0 Å². The summed E-state index contributed by atoms with van der Waals surface area (Å²) in [6.07, 6.45) is 15.9. The van der Waals surface area contributed by atoms with Crippen molar-refractivity contribution in [1.29, 1.82) is 0 Å². The first kappa shape index (κ1) is 25.0. The van der Waals surface area contributed by atoms with Gasteiger partial charge in [-0.3, -0.25) is 0 Å². The lowest BCUT2D eigenvalue weighted by Crippen LogP contribution is -2.38. The SMILES string of the molecule is CCCCCCCCCCCCCCNC(=O)NC(c1ccccc1)c1ccccc1. The summed E-state index contributed by atoms with van der Waals surface area (Å²) in [4.78, 5) is 12.5. The molecule has 0 aromatic heterocycles. The smallest absolute Gasteiger partial charge is 0.315 e. The highest BCUT2D eigenvalue weighted by Gasteiger charge is 2.16. The number of carbonyl (C=O) groups is 1. The van der Waals surface area contributed by atoms with E-state index < -0.39 is 0 Å². The standard InChI is InChI=1S/C28H42N2O/c1-2-3-4-5-6-7-8-9-10-11-12-19-24-29-28(31)30-27(25-20-15-13-16-21-25)26-22-17-14-18-23-26/h13-18,20-23,27H,2-12,19,24H2,1H3,(H2,29,30,31). The first-order chi connectivity index (χ1) is 15.3. The van der Waals surface area contributed by atoms with Crippen LogP contribution in [0, 0.1) is 0 Å². The van der Waals surface area contributed by atoms with Crippen molar-refractivity contribution in [2.75, 3.05) is 6.54 Å². The van der Waals surface area contributed by atoms with Gasteiger partial charge in [-0.05, 0) is 17.5 Å². The minimum atomic E-state index is -0.135. The van der Waals surface area contributed by atoms with E-state index in [-0.39, 0.29) is 12.1 Å². The number of nitrogens with one attached hydrogen (secondary N) is 2. The Morgan fingerprint density at radius 2 is 1.06 bits per heavy atom. The Kier molecular flexibility index (Phi) is 13.2. The van der Waals surface area contributed by atoms with Crippen LogP contribution in [0.1, 0.15) is 101 Å². The molecule has 0 aliphatic carbocycles. The maximum Gasteiger partial charge on any atom is 0.315 e. The van der Waals surface area contributed by atoms with Crippen LogP contribution in [0.25, 0.3) is 0 Å². The van der Waals surface area contributed by atoms with Crippen molar-refractivity contribution in [1.82, 2.24) is 10.6 Å². The van der Waals surface area contributed by atoms with Crippen molar-refractivity contribution in [3.63, 3.8) is 0 Å². The van der Waals surface area contributed by atoms with Gasteiger partial charge in [0.15, 0.2) is 0 Å². The lowest BCUT2D eigenvalue weighted by molar-refractivity contribution is 0.238. The number of benzene rings is 2. The Labute approximate surface area is 190 Å². The van der Waals surface area contributed by atoms with Gasteiger partial charge in [0.25, 0.3) is 0 Å². The number of urea groups is 1. The van der Waals surface area contributed by atoms with E-state index in [9.17, 15) is 4.79 Å². The van der Waals surface area contributed by atoms with E-state index in [1.165, 1.54) is 70.6 Å². The zero-order valence-corrected chi connectivity index (χ0v) is 19.5. The largest absolute Gasteiger partial charge is 0.338 e. The first-order valence-electron chi connectivity index (χ1n) is 12.5. The van der Waals surface area contributed by atoms with Gasteiger partial charge in [-0.15, -0.1) is 0 Å². The second-order valence-corrected chi connectivity index (χ2v) is 8.54. The highest BCUT2D eigenvalue weighted by molar-refractivity contribution is 5.75. The average Bonchev–Trinajstić information content (AvgIpc) is 2.81. The molecular formula is C28H42N2O. The van der Waals surface area contributed by atoms with Crippen LogP contribution in [0.4, 0.5) is 4.79 Å². The lowest BCUT2D eigenvalue weighted by atomic mass is 9.99. The van der Waals surface area contributed by atoms with Crippen molar-refractivity contribution in [3.8, 4) is 0 Å². The fraction of sp³-hybridized carbons (Fsp3) is 0.536. The molecule has 0 saturated carbocycles. The molecule has 0 aliphatic heterocycles. The number of rotatable bonds is 16. The third-order valence-electron chi connectivity index (χ3n) is 5.86. The van der Waals surface area contributed by atoms with Gasteiger partial charge in [0.05, 0.1) is 6.04 Å². The summed E-state index contributed by atoms with van der Waals surface area (Å²) in [5, 5.41) is 6.18. The Bertz CT molecular complexity index is 647. The van der Waals surface area contributed by atoms with Crippen molar-refractivity contribution in [2.24, 2.45) is 0 Å². The lowest BCUT2D eigenvalue weighted by Gasteiger charge is -2.20. The molecule has 3 nitrogen and oxygen atoms in total. The minimum Gasteiger partial charge on any atom is -0.338 e. The van der Waals surface area contributed by atoms with E-state index in [2.05, 4.69) is 41.8 Å². The van der Waals surface area contributed by atoms with Crippen molar-refractivity contribution < 1.29 is 4.79 Å². The second-order valence-electron chi connectivity index (χ2n) is 8.54. The fourth-order valence-corrected chi connectivity index (χ4v) is 4.00. The van der Waals surface area contributed by atoms with Crippen LogP contribution < -0.4 is 10.6 Å². The fourth-order valence-electron chi connectivity index (χ4n) is 4.00. The normalized spacial score (nSPS) is 10.9. The minimum absolute atomic E-state index is 0.0965. The second kappa shape index (κ2) is 16.4. The van der Waals surface area contributed by atoms with Crippen LogP contribution in [-0.2, 0) is 0 Å². The van der Waals surface area contributed by atoms with E-state index >= 15 is 0 Å². The summed E-state index contributed by atoms with van der Waals surface area (Å²) in [6.45, 7) is 3.01. The van der Waals surface area contributed by atoms with E-state index in [0.717, 1.165) is 24.1 Å². The summed E-state index contributed by atoms with van der Waals surface area (Å²) in [5.41, 5.74) is 2.18. The zero-order valence-electron chi connectivity index (χ0n) is 19.5. The van der Waals surface area contributed by atoms with Gasteiger partial charge in [-0.1, -0.05) is 138 Å². The molecule has 2 rings (SSSR count). The highest BCUT2D eigenvalue weighted by Crippen LogP contribution is 2.21. The Morgan fingerprint density at radius 1 is 0.645 bits per heavy atom. The summed E-state index contributed by atoms with van der Waals surface area (Å²) in [5.74, 6) is 0. The van der Waals surface area contributed by atoms with Crippen LogP contribution in [0.5, 0.6) is 0 Å². The quantitative estimate of drug-likeness (QED) is 0.266. The Balaban J connectivity index is 1.56. The summed E-state index contributed by atoms with van der Waals surface area (Å²) < 4.78 is 0. The molecule has 3 heteroatoms. The van der Waals surface area contributed by atoms with Crippen LogP contribution >= 0.6 is 0 Å². The number of amides is 2. The maximum atomic E-state index is 12.5. The predicted octanol–water partition coefficient (Wildman–Crippen LogP) is 7.78. The summed E-state index contributed by atoms with van der Waals surface area (Å²) >= 11 is 0. The number of hydrogen-bond acceptors (Lipinski definition) is 1. The Morgan fingerprint density at radius 3 is 1.52 bits per heavy atom. The Hall–Kier alpha value is -2.29. The molecule has 0 saturated heterocycles. The topological polar surface area (TPSA) is 41.1 Å². The third-order valence-corrected chi connectivity index (χ3v) is 5.86. The highest BCUT2D eigenvalue weighted by atomic mass is 16.2. The number of carbonyl (C=O) groups excluding carboxylic acids is 1. The summed E-state index contributed by atoms with van der Waals surface area (Å²) in [6, 6.07) is 20.0. The van der Waals surface area contributed by atoms with Crippen molar-refractivity contribution in [3.05, 3.63) is 71.8 Å². The van der Waals surface area contributed by atoms with Crippen molar-refractivity contribution in [2.45, 2.75) is 90.0 Å². The van der Waals surface area contributed by atoms with Gasteiger partial charge in [-0.2, -0.15) is 0 Å². The van der Waals surface area contributed by atoms with E-state index in [1.807, 2.05) is 36.4 Å². The van der Waals surface area contributed by atoms with Crippen molar-refractivity contribution >= 4 is 6.03 Å². The molecule has 2 aromatic rings. The molecule has 0 fully saturated rings. The predicted molar refractivity (Wildman–Crippen MR) is 132 cm³/mol. The molecule has 0 bridgehead atoms. The molecule has 0 spiro atoms. The van der Waals surface area contributed by atoms with Gasteiger partial charge >= 0.3 is 6.03 Å². The molecule has 170 valence electrons.